The molecule has 0 aliphatic rings. The van der Waals surface area contributed by atoms with Crippen molar-refractivity contribution < 1.29 is 14.3 Å². The Kier molecular flexibility index (Phi) is 13.5. The summed E-state index contributed by atoms with van der Waals surface area (Å²) in [5, 5.41) is 0. The Balaban J connectivity index is -0.000000174. The van der Waals surface area contributed by atoms with E-state index < -0.39 is 0 Å². The van der Waals surface area contributed by atoms with E-state index in [0.29, 0.717) is 11.8 Å². The molecular formula is C14H32O3. The van der Waals surface area contributed by atoms with E-state index in [1.165, 1.54) is 7.11 Å². The largest absolute Gasteiger partial charge is 0.469 e. The van der Waals surface area contributed by atoms with Gasteiger partial charge in [-0.1, -0.05) is 34.6 Å². The van der Waals surface area contributed by atoms with Gasteiger partial charge >= 0.3 is 5.97 Å². The molecule has 0 spiro atoms. The molecule has 0 heterocycles. The predicted octanol–water partition coefficient (Wildman–Crippen LogP) is 4.05. The van der Waals surface area contributed by atoms with E-state index in [1.807, 2.05) is 20.8 Å². The van der Waals surface area contributed by atoms with Crippen LogP contribution in [0.25, 0.3) is 0 Å². The summed E-state index contributed by atoms with van der Waals surface area (Å²) in [7, 11) is 3.09. The van der Waals surface area contributed by atoms with E-state index in [4.69, 9.17) is 4.74 Å². The van der Waals surface area contributed by atoms with Crippen LogP contribution in [0.15, 0.2) is 0 Å². The molecule has 0 bridgehead atoms. The van der Waals surface area contributed by atoms with Crippen LogP contribution in [0.4, 0.5) is 0 Å². The number of ether oxygens (including phenoxy) is 2. The number of rotatable bonds is 1. The average molecular weight is 248 g/mol. The van der Waals surface area contributed by atoms with E-state index in [1.54, 1.807) is 14.0 Å². The standard InChI is InChI=1S/C5H12O.C5H12.C4H8O2/c1-5(2,3)6-4;1-5(2,3)4;1-3-4(5)6-2/h1-4H3;1-4H3;3H2,1-2H3. The fourth-order valence-corrected chi connectivity index (χ4v) is 0.144. The molecule has 3 nitrogen and oxygen atoms in total. The van der Waals surface area contributed by atoms with Crippen LogP contribution in [0.2, 0.25) is 0 Å². The van der Waals surface area contributed by atoms with Crippen molar-refractivity contribution in [3.05, 3.63) is 0 Å². The molecule has 0 N–H and O–H groups in total. The maximum Gasteiger partial charge on any atom is 0.305 e. The van der Waals surface area contributed by atoms with Crippen LogP contribution in [-0.4, -0.2) is 25.8 Å². The van der Waals surface area contributed by atoms with Gasteiger partial charge in [0.05, 0.1) is 12.7 Å². The Hall–Kier alpha value is -0.570. The minimum absolute atomic E-state index is 0.0417. The monoisotopic (exact) mass is 248 g/mol. The Labute approximate surface area is 108 Å². The van der Waals surface area contributed by atoms with Gasteiger partial charge in [-0.25, -0.2) is 0 Å². The highest BCUT2D eigenvalue weighted by atomic mass is 16.5. The summed E-state index contributed by atoms with van der Waals surface area (Å²) >= 11 is 0. The number of hydrogen-bond donors (Lipinski definition) is 0. The molecule has 106 valence electrons. The number of esters is 1. The fraction of sp³-hybridized carbons (Fsp3) is 0.929. The van der Waals surface area contributed by atoms with Crippen LogP contribution in [0.3, 0.4) is 0 Å². The van der Waals surface area contributed by atoms with Crippen LogP contribution in [0.1, 0.15) is 61.8 Å². The van der Waals surface area contributed by atoms with Crippen molar-refractivity contribution in [3.8, 4) is 0 Å². The summed E-state index contributed by atoms with van der Waals surface area (Å²) in [6.45, 7) is 16.6. The van der Waals surface area contributed by atoms with Crippen molar-refractivity contribution in [3.63, 3.8) is 0 Å². The van der Waals surface area contributed by atoms with Crippen molar-refractivity contribution in [2.45, 2.75) is 67.4 Å². The van der Waals surface area contributed by atoms with Gasteiger partial charge in [0.2, 0.25) is 0 Å². The summed E-state index contributed by atoms with van der Waals surface area (Å²) in [6, 6.07) is 0. The lowest BCUT2D eigenvalue weighted by Gasteiger charge is -2.14. The lowest BCUT2D eigenvalue weighted by Crippen LogP contribution is -2.15. The third kappa shape index (κ3) is 67.3. The normalized spacial score (nSPS) is 10.5. The van der Waals surface area contributed by atoms with Gasteiger partial charge in [-0.2, -0.15) is 0 Å². The van der Waals surface area contributed by atoms with Crippen molar-refractivity contribution >= 4 is 5.97 Å². The summed E-state index contributed by atoms with van der Waals surface area (Å²) in [4.78, 5) is 9.96. The van der Waals surface area contributed by atoms with Gasteiger partial charge in [0.15, 0.2) is 0 Å². The average Bonchev–Trinajstić information content (AvgIpc) is 2.14. The maximum absolute atomic E-state index is 9.96. The molecule has 0 rings (SSSR count). The second-order valence-corrected chi connectivity index (χ2v) is 6.25. The topological polar surface area (TPSA) is 35.5 Å². The summed E-state index contributed by atoms with van der Waals surface area (Å²) in [5.41, 5.74) is 0.542. The summed E-state index contributed by atoms with van der Waals surface area (Å²) in [6.07, 6.45) is 0.469. The predicted molar refractivity (Wildman–Crippen MR) is 74.2 cm³/mol. The van der Waals surface area contributed by atoms with Gasteiger partial charge in [-0.05, 0) is 26.2 Å². The van der Waals surface area contributed by atoms with E-state index >= 15 is 0 Å². The molecule has 0 unspecified atom stereocenters. The first-order valence-electron chi connectivity index (χ1n) is 5.99. The zero-order chi connectivity index (χ0) is 14.7. The lowest BCUT2D eigenvalue weighted by atomic mass is 10.0. The van der Waals surface area contributed by atoms with Gasteiger partial charge in [0.1, 0.15) is 0 Å². The molecule has 0 aromatic rings. The minimum Gasteiger partial charge on any atom is -0.469 e. The Morgan fingerprint density at radius 3 is 1.18 bits per heavy atom. The van der Waals surface area contributed by atoms with Crippen LogP contribution in [0, 0.1) is 5.41 Å². The Morgan fingerprint density at radius 1 is 0.941 bits per heavy atom. The molecule has 0 aliphatic carbocycles. The SMILES string of the molecule is CC(C)(C)C.CCC(=O)OC.COC(C)(C)C. The summed E-state index contributed by atoms with van der Waals surface area (Å²) in [5.74, 6) is -0.157. The molecule has 0 saturated carbocycles. The van der Waals surface area contributed by atoms with E-state index in [9.17, 15) is 4.79 Å². The van der Waals surface area contributed by atoms with Crippen LogP contribution >= 0.6 is 0 Å². The molecule has 0 fully saturated rings. The highest BCUT2D eigenvalue weighted by molar-refractivity contribution is 5.68. The van der Waals surface area contributed by atoms with Gasteiger partial charge in [0.25, 0.3) is 0 Å². The third-order valence-electron chi connectivity index (χ3n) is 1.13. The smallest absolute Gasteiger partial charge is 0.305 e. The summed E-state index contributed by atoms with van der Waals surface area (Å²) < 4.78 is 9.20. The van der Waals surface area contributed by atoms with E-state index in [2.05, 4.69) is 32.4 Å². The molecule has 0 saturated heterocycles. The number of methoxy groups -OCH3 is 2. The number of carbonyl (C=O) groups is 1. The van der Waals surface area contributed by atoms with Gasteiger partial charge in [0, 0.05) is 13.5 Å². The highest BCUT2D eigenvalue weighted by Crippen LogP contribution is 2.08. The number of hydrogen-bond acceptors (Lipinski definition) is 3. The van der Waals surface area contributed by atoms with Gasteiger partial charge in [-0.3, -0.25) is 4.79 Å². The molecule has 17 heavy (non-hydrogen) atoms. The molecule has 3 heteroatoms. The second kappa shape index (κ2) is 10.6. The zero-order valence-corrected chi connectivity index (χ0v) is 13.4. The maximum atomic E-state index is 9.96. The molecule has 0 aliphatic heterocycles. The van der Waals surface area contributed by atoms with Crippen molar-refractivity contribution in [2.24, 2.45) is 5.41 Å². The minimum atomic E-state index is -0.157. The molecule has 0 aromatic carbocycles. The Bertz CT molecular complexity index is 161. The first-order chi connectivity index (χ1) is 7.37. The van der Waals surface area contributed by atoms with Crippen molar-refractivity contribution in [1.29, 1.82) is 0 Å². The first kappa shape index (κ1) is 21.7. The number of carbonyl (C=O) groups excluding carboxylic acids is 1. The molecular weight excluding hydrogens is 216 g/mol. The first-order valence-corrected chi connectivity index (χ1v) is 5.99. The lowest BCUT2D eigenvalue weighted by molar-refractivity contribution is -0.140. The van der Waals surface area contributed by atoms with Gasteiger partial charge in [-0.15, -0.1) is 0 Å². The van der Waals surface area contributed by atoms with Crippen molar-refractivity contribution in [1.82, 2.24) is 0 Å². The van der Waals surface area contributed by atoms with E-state index in [-0.39, 0.29) is 11.6 Å². The fourth-order valence-electron chi connectivity index (χ4n) is 0.144. The molecule has 0 aromatic heterocycles. The zero-order valence-electron chi connectivity index (χ0n) is 13.4. The highest BCUT2D eigenvalue weighted by Gasteiger charge is 2.04. The van der Waals surface area contributed by atoms with Gasteiger partial charge < -0.3 is 9.47 Å². The quantitative estimate of drug-likeness (QED) is 0.657. The Morgan fingerprint density at radius 2 is 1.18 bits per heavy atom. The molecule has 0 amide bonds. The third-order valence-corrected chi connectivity index (χ3v) is 1.13. The molecule has 0 radical (unpaired) electrons. The second-order valence-electron chi connectivity index (χ2n) is 6.25. The van der Waals surface area contributed by atoms with E-state index in [0.717, 1.165) is 0 Å². The van der Waals surface area contributed by atoms with Crippen molar-refractivity contribution in [2.75, 3.05) is 14.2 Å². The molecule has 0 atom stereocenters. The van der Waals surface area contributed by atoms with Crippen LogP contribution < -0.4 is 0 Å². The van der Waals surface area contributed by atoms with Crippen LogP contribution in [-0.2, 0) is 14.3 Å². The van der Waals surface area contributed by atoms with Crippen LogP contribution in [0.5, 0.6) is 0 Å².